The number of ether oxygens (including phenoxy) is 1. The van der Waals surface area contributed by atoms with Gasteiger partial charge in [-0.25, -0.2) is 9.97 Å². The molecule has 1 aliphatic rings. The van der Waals surface area contributed by atoms with Crippen LogP contribution in [0.1, 0.15) is 17.5 Å². The lowest BCUT2D eigenvalue weighted by Crippen LogP contribution is -2.47. The van der Waals surface area contributed by atoms with Gasteiger partial charge >= 0.3 is 6.18 Å². The molecule has 0 atom stereocenters. The Labute approximate surface area is 147 Å². The summed E-state index contributed by atoms with van der Waals surface area (Å²) in [7, 11) is 0. The topological polar surface area (TPSA) is 54.4 Å². The molecule has 25 heavy (non-hydrogen) atoms. The highest BCUT2D eigenvalue weighted by Crippen LogP contribution is 2.36. The number of piperazine rings is 1. The lowest BCUT2D eigenvalue weighted by atomic mass is 10.3. The van der Waals surface area contributed by atoms with Crippen molar-refractivity contribution < 1.29 is 17.9 Å². The summed E-state index contributed by atoms with van der Waals surface area (Å²) in [5, 5.41) is 0.396. The molecule has 0 aromatic carbocycles. The predicted octanol–water partition coefficient (Wildman–Crippen LogP) is 2.99. The molecule has 2 aromatic rings. The summed E-state index contributed by atoms with van der Waals surface area (Å²) >= 11 is 0.675. The third kappa shape index (κ3) is 4.12. The second-order valence-corrected chi connectivity index (χ2v) is 6.57. The van der Waals surface area contributed by atoms with Crippen LogP contribution in [0.15, 0.2) is 12.3 Å². The van der Waals surface area contributed by atoms with Crippen molar-refractivity contribution in [3.63, 3.8) is 0 Å². The van der Waals surface area contributed by atoms with Crippen molar-refractivity contribution in [3.05, 3.63) is 22.8 Å². The molecule has 0 N–H and O–H groups in total. The van der Waals surface area contributed by atoms with Gasteiger partial charge in [-0.1, -0.05) is 11.3 Å². The van der Waals surface area contributed by atoms with Gasteiger partial charge in [-0.15, -0.1) is 0 Å². The largest absolute Gasteiger partial charge is 0.478 e. The highest BCUT2D eigenvalue weighted by atomic mass is 32.1. The number of aromatic nitrogens is 3. The van der Waals surface area contributed by atoms with E-state index in [1.165, 1.54) is 0 Å². The van der Waals surface area contributed by atoms with Gasteiger partial charge in [-0.05, 0) is 13.8 Å². The van der Waals surface area contributed by atoms with Gasteiger partial charge in [-0.2, -0.15) is 18.2 Å². The zero-order chi connectivity index (χ0) is 18.0. The first-order valence-corrected chi connectivity index (χ1v) is 8.70. The summed E-state index contributed by atoms with van der Waals surface area (Å²) in [6, 6.07) is 1.78. The fraction of sp³-hybridized carbons (Fsp3) is 0.533. The van der Waals surface area contributed by atoms with Crippen molar-refractivity contribution in [3.8, 4) is 5.88 Å². The quantitative estimate of drug-likeness (QED) is 0.821. The number of anilines is 2. The lowest BCUT2D eigenvalue weighted by Gasteiger charge is -2.34. The zero-order valence-electron chi connectivity index (χ0n) is 13.9. The second-order valence-electron chi connectivity index (χ2n) is 5.56. The molecule has 1 aliphatic heterocycles. The Bertz CT molecular complexity index is 728. The Morgan fingerprint density at radius 1 is 1.16 bits per heavy atom. The molecule has 0 spiro atoms. The van der Waals surface area contributed by atoms with Gasteiger partial charge in [0.25, 0.3) is 0 Å². The molecule has 136 valence electrons. The van der Waals surface area contributed by atoms with E-state index in [9.17, 15) is 13.2 Å². The maximum absolute atomic E-state index is 12.7. The third-order valence-electron chi connectivity index (χ3n) is 3.72. The van der Waals surface area contributed by atoms with Gasteiger partial charge in [0.15, 0.2) is 5.13 Å². The van der Waals surface area contributed by atoms with Gasteiger partial charge in [-0.3, -0.25) is 0 Å². The van der Waals surface area contributed by atoms with E-state index >= 15 is 0 Å². The Balaban J connectivity index is 1.67. The zero-order valence-corrected chi connectivity index (χ0v) is 14.7. The van der Waals surface area contributed by atoms with Crippen LogP contribution in [0, 0.1) is 6.92 Å². The molecule has 3 heterocycles. The highest BCUT2D eigenvalue weighted by Gasteiger charge is 2.34. The van der Waals surface area contributed by atoms with Crippen LogP contribution in [0.25, 0.3) is 0 Å². The van der Waals surface area contributed by atoms with Crippen molar-refractivity contribution in [1.29, 1.82) is 0 Å². The number of halogens is 3. The molecule has 2 aromatic heterocycles. The third-order valence-corrected chi connectivity index (χ3v) is 4.82. The SMILES string of the molecule is CCOc1cc(C)nc(N2CCN(c3ncc(C(F)(F)F)s3)CC2)n1. The maximum atomic E-state index is 12.7. The lowest BCUT2D eigenvalue weighted by molar-refractivity contribution is -0.134. The minimum Gasteiger partial charge on any atom is -0.478 e. The van der Waals surface area contributed by atoms with Crippen molar-refractivity contribution in [2.24, 2.45) is 0 Å². The average Bonchev–Trinajstić information content (AvgIpc) is 3.05. The molecule has 6 nitrogen and oxygen atoms in total. The van der Waals surface area contributed by atoms with Crippen molar-refractivity contribution in [2.45, 2.75) is 20.0 Å². The van der Waals surface area contributed by atoms with Crippen molar-refractivity contribution >= 4 is 22.4 Å². The number of rotatable bonds is 4. The molecule has 0 radical (unpaired) electrons. The van der Waals surface area contributed by atoms with E-state index in [2.05, 4.69) is 15.0 Å². The van der Waals surface area contributed by atoms with Crippen LogP contribution < -0.4 is 14.5 Å². The molecule has 1 fully saturated rings. The molecule has 0 bridgehead atoms. The summed E-state index contributed by atoms with van der Waals surface area (Å²) in [5.74, 6) is 1.11. The minimum absolute atomic E-state index is 0.396. The van der Waals surface area contributed by atoms with Crippen molar-refractivity contribution in [1.82, 2.24) is 15.0 Å². The van der Waals surface area contributed by atoms with Gasteiger partial charge in [0.2, 0.25) is 11.8 Å². The number of aryl methyl sites for hydroxylation is 1. The molecule has 1 saturated heterocycles. The van der Waals surface area contributed by atoms with Crippen LogP contribution in [-0.4, -0.2) is 47.7 Å². The second kappa shape index (κ2) is 7.03. The first kappa shape index (κ1) is 17.7. The highest BCUT2D eigenvalue weighted by molar-refractivity contribution is 7.15. The first-order chi connectivity index (χ1) is 11.9. The minimum atomic E-state index is -4.34. The van der Waals surface area contributed by atoms with E-state index in [1.54, 1.807) is 6.07 Å². The van der Waals surface area contributed by atoms with E-state index in [4.69, 9.17) is 4.74 Å². The molecule has 3 rings (SSSR count). The number of hydrogen-bond acceptors (Lipinski definition) is 7. The average molecular weight is 373 g/mol. The van der Waals surface area contributed by atoms with Gasteiger partial charge in [0, 0.05) is 37.9 Å². The van der Waals surface area contributed by atoms with Crippen molar-refractivity contribution in [2.75, 3.05) is 42.6 Å². The van der Waals surface area contributed by atoms with Crippen LogP contribution >= 0.6 is 11.3 Å². The van der Waals surface area contributed by atoms with E-state index in [0.29, 0.717) is 61.1 Å². The summed E-state index contributed by atoms with van der Waals surface area (Å²) in [5.41, 5.74) is 0.811. The van der Waals surface area contributed by atoms with Gasteiger partial charge in [0.1, 0.15) is 4.88 Å². The van der Waals surface area contributed by atoms with Gasteiger partial charge in [0.05, 0.1) is 12.8 Å². The van der Waals surface area contributed by atoms with Crippen LogP contribution in [0.5, 0.6) is 5.88 Å². The van der Waals surface area contributed by atoms with E-state index in [1.807, 2.05) is 23.6 Å². The van der Waals surface area contributed by atoms with E-state index in [-0.39, 0.29) is 0 Å². The Kier molecular flexibility index (Phi) is 4.98. The van der Waals surface area contributed by atoms with E-state index < -0.39 is 11.1 Å². The Hall–Kier alpha value is -2.10. The molecule has 0 aliphatic carbocycles. The van der Waals surface area contributed by atoms with Crippen LogP contribution in [0.4, 0.5) is 24.3 Å². The summed E-state index contributed by atoms with van der Waals surface area (Å²) in [4.78, 5) is 15.9. The van der Waals surface area contributed by atoms with Crippen LogP contribution in [0.2, 0.25) is 0 Å². The smallest absolute Gasteiger partial charge is 0.427 e. The van der Waals surface area contributed by atoms with Gasteiger partial charge < -0.3 is 14.5 Å². The molecular formula is C15H18F3N5OS. The molecule has 10 heteroatoms. The fourth-order valence-electron chi connectivity index (χ4n) is 2.53. The predicted molar refractivity (Wildman–Crippen MR) is 89.5 cm³/mol. The molecular weight excluding hydrogens is 355 g/mol. The summed E-state index contributed by atoms with van der Waals surface area (Å²) in [6.07, 6.45) is -3.45. The first-order valence-electron chi connectivity index (χ1n) is 7.88. The summed E-state index contributed by atoms with van der Waals surface area (Å²) < 4.78 is 43.6. The molecule has 0 saturated carbocycles. The monoisotopic (exact) mass is 373 g/mol. The Morgan fingerprint density at radius 3 is 2.44 bits per heavy atom. The summed E-state index contributed by atoms with van der Waals surface area (Å²) in [6.45, 7) is 6.62. The standard InChI is InChI=1S/C15H18F3N5OS/c1-3-24-12-8-10(2)20-13(21-12)22-4-6-23(7-5-22)14-19-9-11(25-14)15(16,17)18/h8-9H,3-7H2,1-2H3. The number of thiazole rings is 1. The molecule has 0 amide bonds. The normalized spacial score (nSPS) is 15.6. The van der Waals surface area contributed by atoms with E-state index in [0.717, 1.165) is 11.9 Å². The molecule has 0 unspecified atom stereocenters. The Morgan fingerprint density at radius 2 is 1.84 bits per heavy atom. The number of hydrogen-bond donors (Lipinski definition) is 0. The van der Waals surface area contributed by atoms with Crippen LogP contribution in [0.3, 0.4) is 0 Å². The number of alkyl halides is 3. The van der Waals surface area contributed by atoms with Crippen LogP contribution in [-0.2, 0) is 6.18 Å². The maximum Gasteiger partial charge on any atom is 0.427 e. The fourth-order valence-corrected chi connectivity index (χ4v) is 3.36. The number of nitrogens with zero attached hydrogens (tertiary/aromatic N) is 5.